The molecule has 32 heavy (non-hydrogen) atoms. The highest BCUT2D eigenvalue weighted by molar-refractivity contribution is 6.00. The first-order chi connectivity index (χ1) is 15.4. The molecule has 9 heteroatoms. The Balaban J connectivity index is 1.30. The van der Waals surface area contributed by atoms with E-state index in [9.17, 15) is 9.59 Å². The summed E-state index contributed by atoms with van der Waals surface area (Å²) < 4.78 is 0. The van der Waals surface area contributed by atoms with Crippen molar-refractivity contribution < 1.29 is 9.59 Å². The SMILES string of the molecule is CC(NC(=O)c1ccc2[nH]ncc2c1)C(=O)N1CCN(c2ccc(CN(C)C)cn2)CC1. The third-order valence-corrected chi connectivity index (χ3v) is 5.64. The molecule has 2 amide bonds. The zero-order chi connectivity index (χ0) is 22.7. The summed E-state index contributed by atoms with van der Waals surface area (Å²) >= 11 is 0. The van der Waals surface area contributed by atoms with E-state index in [-0.39, 0.29) is 11.8 Å². The molecule has 3 heterocycles. The Morgan fingerprint density at radius 2 is 1.91 bits per heavy atom. The molecule has 2 aromatic heterocycles. The molecular formula is C23H29N7O2. The molecule has 1 aliphatic rings. The maximum atomic E-state index is 12.9. The Morgan fingerprint density at radius 3 is 2.59 bits per heavy atom. The molecule has 3 aromatic rings. The molecule has 0 saturated carbocycles. The number of piperazine rings is 1. The largest absolute Gasteiger partial charge is 0.353 e. The Hall–Kier alpha value is -3.46. The summed E-state index contributed by atoms with van der Waals surface area (Å²) in [5.74, 6) is 0.585. The van der Waals surface area contributed by atoms with Crippen molar-refractivity contribution in [3.63, 3.8) is 0 Å². The normalized spacial score (nSPS) is 15.2. The lowest BCUT2D eigenvalue weighted by atomic mass is 10.1. The molecule has 1 fully saturated rings. The van der Waals surface area contributed by atoms with E-state index in [1.165, 1.54) is 5.56 Å². The molecule has 0 aliphatic carbocycles. The van der Waals surface area contributed by atoms with Gasteiger partial charge in [-0.2, -0.15) is 5.10 Å². The number of hydrogen-bond donors (Lipinski definition) is 2. The molecule has 4 rings (SSSR count). The van der Waals surface area contributed by atoms with Crippen LogP contribution in [0.5, 0.6) is 0 Å². The van der Waals surface area contributed by atoms with E-state index in [2.05, 4.69) is 36.4 Å². The average Bonchev–Trinajstić information content (AvgIpc) is 3.27. The van der Waals surface area contributed by atoms with Crippen LogP contribution in [-0.4, -0.2) is 83.1 Å². The minimum absolute atomic E-state index is 0.0725. The van der Waals surface area contributed by atoms with E-state index in [4.69, 9.17) is 0 Å². The molecule has 1 aromatic carbocycles. The second-order valence-corrected chi connectivity index (χ2v) is 8.44. The minimum Gasteiger partial charge on any atom is -0.353 e. The smallest absolute Gasteiger partial charge is 0.251 e. The monoisotopic (exact) mass is 435 g/mol. The molecule has 0 spiro atoms. The van der Waals surface area contributed by atoms with E-state index >= 15 is 0 Å². The van der Waals surface area contributed by atoms with Crippen LogP contribution in [0.2, 0.25) is 0 Å². The van der Waals surface area contributed by atoms with Crippen LogP contribution in [0.3, 0.4) is 0 Å². The third-order valence-electron chi connectivity index (χ3n) is 5.64. The minimum atomic E-state index is -0.600. The molecule has 0 bridgehead atoms. The highest BCUT2D eigenvalue weighted by Crippen LogP contribution is 2.16. The summed E-state index contributed by atoms with van der Waals surface area (Å²) in [7, 11) is 4.07. The number of benzene rings is 1. The van der Waals surface area contributed by atoms with E-state index in [0.717, 1.165) is 23.3 Å². The van der Waals surface area contributed by atoms with Crippen LogP contribution in [-0.2, 0) is 11.3 Å². The van der Waals surface area contributed by atoms with Gasteiger partial charge >= 0.3 is 0 Å². The summed E-state index contributed by atoms with van der Waals surface area (Å²) in [6.07, 6.45) is 3.58. The zero-order valence-corrected chi connectivity index (χ0v) is 18.7. The van der Waals surface area contributed by atoms with Crippen molar-refractivity contribution in [1.82, 2.24) is 30.3 Å². The zero-order valence-electron chi connectivity index (χ0n) is 18.7. The Kier molecular flexibility index (Phi) is 6.36. The molecule has 0 radical (unpaired) electrons. The second kappa shape index (κ2) is 9.35. The van der Waals surface area contributed by atoms with Gasteiger partial charge in [0.1, 0.15) is 11.9 Å². The lowest BCUT2D eigenvalue weighted by Gasteiger charge is -2.36. The number of nitrogens with zero attached hydrogens (tertiary/aromatic N) is 5. The summed E-state index contributed by atoms with van der Waals surface area (Å²) in [4.78, 5) is 36.2. The fourth-order valence-electron chi connectivity index (χ4n) is 3.92. The number of carbonyl (C=O) groups excluding carboxylic acids is 2. The summed E-state index contributed by atoms with van der Waals surface area (Å²) in [6.45, 7) is 5.21. The van der Waals surface area contributed by atoms with E-state index < -0.39 is 6.04 Å². The van der Waals surface area contributed by atoms with Gasteiger partial charge in [0.05, 0.1) is 11.7 Å². The van der Waals surface area contributed by atoms with Gasteiger partial charge in [0.25, 0.3) is 5.91 Å². The molecular weight excluding hydrogens is 406 g/mol. The summed E-state index contributed by atoms with van der Waals surface area (Å²) in [5, 5.41) is 10.5. The van der Waals surface area contributed by atoms with Crippen LogP contribution in [0, 0.1) is 0 Å². The van der Waals surface area contributed by atoms with Crippen molar-refractivity contribution in [3.05, 3.63) is 53.9 Å². The van der Waals surface area contributed by atoms with Crippen molar-refractivity contribution in [2.45, 2.75) is 19.5 Å². The number of hydrogen-bond acceptors (Lipinski definition) is 6. The van der Waals surface area contributed by atoms with Crippen LogP contribution in [0.25, 0.3) is 10.9 Å². The van der Waals surface area contributed by atoms with Crippen molar-refractivity contribution in [2.75, 3.05) is 45.2 Å². The topological polar surface area (TPSA) is 97.5 Å². The second-order valence-electron chi connectivity index (χ2n) is 8.44. The fraction of sp³-hybridized carbons (Fsp3) is 0.391. The van der Waals surface area contributed by atoms with Gasteiger partial charge < -0.3 is 20.0 Å². The van der Waals surface area contributed by atoms with E-state index in [1.54, 1.807) is 30.2 Å². The highest BCUT2D eigenvalue weighted by Gasteiger charge is 2.26. The van der Waals surface area contributed by atoms with Gasteiger partial charge in [-0.25, -0.2) is 4.98 Å². The fourth-order valence-corrected chi connectivity index (χ4v) is 3.92. The lowest BCUT2D eigenvalue weighted by Crippen LogP contribution is -2.54. The van der Waals surface area contributed by atoms with Gasteiger partial charge in [-0.3, -0.25) is 14.7 Å². The van der Waals surface area contributed by atoms with Gasteiger partial charge in [0, 0.05) is 49.9 Å². The maximum absolute atomic E-state index is 12.9. The van der Waals surface area contributed by atoms with Crippen LogP contribution in [0.1, 0.15) is 22.8 Å². The Labute approximate surface area is 187 Å². The van der Waals surface area contributed by atoms with Gasteiger partial charge in [0.15, 0.2) is 0 Å². The number of aromatic nitrogens is 3. The molecule has 168 valence electrons. The van der Waals surface area contributed by atoms with Gasteiger partial charge in [-0.1, -0.05) is 6.07 Å². The lowest BCUT2D eigenvalue weighted by molar-refractivity contribution is -0.133. The van der Waals surface area contributed by atoms with Gasteiger partial charge in [0.2, 0.25) is 5.91 Å². The number of aromatic amines is 1. The van der Waals surface area contributed by atoms with Crippen molar-refractivity contribution in [3.8, 4) is 0 Å². The first kappa shape index (κ1) is 21.8. The predicted octanol–water partition coefficient (Wildman–Crippen LogP) is 1.49. The first-order valence-electron chi connectivity index (χ1n) is 10.8. The molecule has 2 N–H and O–H groups in total. The summed E-state index contributed by atoms with van der Waals surface area (Å²) in [6, 6.07) is 8.83. The van der Waals surface area contributed by atoms with Crippen molar-refractivity contribution >= 4 is 28.5 Å². The highest BCUT2D eigenvalue weighted by atomic mass is 16.2. The average molecular weight is 436 g/mol. The molecule has 9 nitrogen and oxygen atoms in total. The number of rotatable bonds is 6. The number of nitrogens with one attached hydrogen (secondary N) is 2. The number of pyridine rings is 1. The third kappa shape index (κ3) is 4.88. The van der Waals surface area contributed by atoms with Crippen molar-refractivity contribution in [2.24, 2.45) is 0 Å². The molecule has 1 saturated heterocycles. The Morgan fingerprint density at radius 1 is 1.12 bits per heavy atom. The maximum Gasteiger partial charge on any atom is 0.251 e. The van der Waals surface area contributed by atoms with Gasteiger partial charge in [-0.15, -0.1) is 0 Å². The predicted molar refractivity (Wildman–Crippen MR) is 123 cm³/mol. The summed E-state index contributed by atoms with van der Waals surface area (Å²) in [5.41, 5.74) is 2.54. The van der Waals surface area contributed by atoms with Crippen molar-refractivity contribution in [1.29, 1.82) is 0 Å². The van der Waals surface area contributed by atoms with Crippen LogP contribution < -0.4 is 10.2 Å². The van der Waals surface area contributed by atoms with Crippen LogP contribution >= 0.6 is 0 Å². The molecule has 1 aliphatic heterocycles. The van der Waals surface area contributed by atoms with Gasteiger partial charge in [-0.05, 0) is 50.8 Å². The molecule has 1 unspecified atom stereocenters. The number of anilines is 1. The number of H-pyrrole nitrogens is 1. The quantitative estimate of drug-likeness (QED) is 0.609. The first-order valence-corrected chi connectivity index (χ1v) is 10.8. The van der Waals surface area contributed by atoms with Crippen LogP contribution in [0.15, 0.2) is 42.7 Å². The van der Waals surface area contributed by atoms with E-state index in [1.807, 2.05) is 32.4 Å². The van der Waals surface area contributed by atoms with E-state index in [0.29, 0.717) is 31.7 Å². The number of fused-ring (bicyclic) bond motifs is 1. The van der Waals surface area contributed by atoms with Crippen LogP contribution in [0.4, 0.5) is 5.82 Å². The standard InChI is InChI=1S/C23H29N7O2/c1-16(26-22(31)18-5-6-20-19(12-18)14-25-27-20)23(32)30-10-8-29(9-11-30)21-7-4-17(13-24-21)15-28(2)3/h4-7,12-14,16H,8-11,15H2,1-3H3,(H,25,27)(H,26,31). The number of carbonyl (C=O) groups is 2. The Bertz CT molecular complexity index is 1090. The molecule has 1 atom stereocenters. The number of amides is 2.